The average Bonchev–Trinajstić information content (AvgIpc) is 2.51. The highest BCUT2D eigenvalue weighted by atomic mass is 35.5. The van der Waals surface area contributed by atoms with Crippen LogP contribution in [0.5, 0.6) is 0 Å². The topological polar surface area (TPSA) is 52.9 Å². The van der Waals surface area contributed by atoms with Gasteiger partial charge in [0.1, 0.15) is 23.3 Å². The van der Waals surface area contributed by atoms with Gasteiger partial charge in [0.2, 0.25) is 0 Å². The second-order valence-corrected chi connectivity index (χ2v) is 5.17. The number of nitrogens with zero attached hydrogens (tertiary/aromatic N) is 1. The number of halogens is 4. The molecular weight excluding hydrogens is 345 g/mol. The molecule has 0 fully saturated rings. The van der Waals surface area contributed by atoms with Crippen molar-refractivity contribution in [2.75, 3.05) is 5.32 Å². The number of hydrogen-bond acceptors (Lipinski definition) is 2. The van der Waals surface area contributed by atoms with E-state index in [0.717, 1.165) is 18.2 Å². The monoisotopic (exact) mass is 352 g/mol. The van der Waals surface area contributed by atoms with Crippen LogP contribution >= 0.6 is 23.2 Å². The van der Waals surface area contributed by atoms with Crippen LogP contribution in [-0.4, -0.2) is 5.91 Å². The maximum absolute atomic E-state index is 13.6. The molecule has 0 aliphatic rings. The predicted molar refractivity (Wildman–Crippen MR) is 85.0 cm³/mol. The van der Waals surface area contributed by atoms with Gasteiger partial charge in [-0.05, 0) is 30.3 Å². The van der Waals surface area contributed by atoms with E-state index in [1.165, 1.54) is 18.2 Å². The number of nitriles is 1. The summed E-state index contributed by atoms with van der Waals surface area (Å²) in [6.45, 7) is 0. The van der Waals surface area contributed by atoms with E-state index in [2.05, 4.69) is 5.32 Å². The first-order chi connectivity index (χ1) is 10.9. The van der Waals surface area contributed by atoms with Gasteiger partial charge in [0.05, 0.1) is 15.7 Å². The molecule has 7 heteroatoms. The number of hydrogen-bond donors (Lipinski definition) is 1. The summed E-state index contributed by atoms with van der Waals surface area (Å²) in [5, 5.41) is 11.8. The van der Waals surface area contributed by atoms with Crippen molar-refractivity contribution in [1.29, 1.82) is 5.26 Å². The van der Waals surface area contributed by atoms with Crippen LogP contribution in [0, 0.1) is 23.0 Å². The molecule has 0 atom stereocenters. The molecular formula is C16H8Cl2F2N2O. The van der Waals surface area contributed by atoms with E-state index in [0.29, 0.717) is 0 Å². The summed E-state index contributed by atoms with van der Waals surface area (Å²) in [6.07, 6.45) is 0.824. The number of benzene rings is 2. The predicted octanol–water partition coefficient (Wildman–Crippen LogP) is 4.82. The molecule has 2 aromatic rings. The molecule has 0 saturated carbocycles. The highest BCUT2D eigenvalue weighted by Crippen LogP contribution is 2.30. The molecule has 3 nitrogen and oxygen atoms in total. The quantitative estimate of drug-likeness (QED) is 0.636. The van der Waals surface area contributed by atoms with Gasteiger partial charge >= 0.3 is 0 Å². The molecule has 0 aliphatic carbocycles. The van der Waals surface area contributed by atoms with Crippen molar-refractivity contribution in [1.82, 2.24) is 0 Å². The Labute approximate surface area is 140 Å². The summed E-state index contributed by atoms with van der Waals surface area (Å²) in [4.78, 5) is 12.1. The minimum absolute atomic E-state index is 0.107. The summed E-state index contributed by atoms with van der Waals surface area (Å²) >= 11 is 11.8. The molecule has 2 rings (SSSR count). The maximum Gasteiger partial charge on any atom is 0.266 e. The Bertz CT molecular complexity index is 804. The molecule has 1 amide bonds. The highest BCUT2D eigenvalue weighted by molar-refractivity contribution is 6.40. The van der Waals surface area contributed by atoms with Gasteiger partial charge in [-0.2, -0.15) is 5.26 Å². The number of anilines is 1. The zero-order chi connectivity index (χ0) is 17.0. The Morgan fingerprint density at radius 3 is 2.13 bits per heavy atom. The standard InChI is InChI=1S/C16H8Cl2F2N2O/c17-11-3-1-4-12(18)15(11)22-16(23)9(8-21)7-10-13(19)5-2-6-14(10)20/h1-7H,(H,22,23)/b9-7+. The van der Waals surface area contributed by atoms with Crippen molar-refractivity contribution in [2.45, 2.75) is 0 Å². The molecule has 0 bridgehead atoms. The first-order valence-electron chi connectivity index (χ1n) is 6.25. The van der Waals surface area contributed by atoms with Crippen LogP contribution in [0.15, 0.2) is 42.0 Å². The number of rotatable bonds is 3. The molecule has 116 valence electrons. The normalized spacial score (nSPS) is 11.0. The van der Waals surface area contributed by atoms with E-state index in [1.807, 2.05) is 0 Å². The minimum Gasteiger partial charge on any atom is -0.319 e. The van der Waals surface area contributed by atoms with Crippen molar-refractivity contribution in [3.8, 4) is 6.07 Å². The fraction of sp³-hybridized carbons (Fsp3) is 0. The van der Waals surface area contributed by atoms with Gasteiger partial charge in [-0.25, -0.2) is 8.78 Å². The molecule has 23 heavy (non-hydrogen) atoms. The maximum atomic E-state index is 13.6. The summed E-state index contributed by atoms with van der Waals surface area (Å²) in [5.74, 6) is -2.66. The lowest BCUT2D eigenvalue weighted by Gasteiger charge is -2.08. The lowest BCUT2D eigenvalue weighted by atomic mass is 10.1. The van der Waals surface area contributed by atoms with E-state index in [4.69, 9.17) is 28.5 Å². The molecule has 0 aromatic heterocycles. The molecule has 0 spiro atoms. The van der Waals surface area contributed by atoms with Gasteiger partial charge in [0.25, 0.3) is 5.91 Å². The summed E-state index contributed by atoms with van der Waals surface area (Å²) < 4.78 is 27.2. The lowest BCUT2D eigenvalue weighted by Crippen LogP contribution is -2.14. The minimum atomic E-state index is -0.888. The van der Waals surface area contributed by atoms with Crippen LogP contribution < -0.4 is 5.32 Å². The Kier molecular flexibility index (Phi) is 5.32. The molecule has 0 aliphatic heterocycles. The van der Waals surface area contributed by atoms with Gasteiger partial charge in [-0.1, -0.05) is 35.3 Å². The van der Waals surface area contributed by atoms with Crippen LogP contribution in [0.4, 0.5) is 14.5 Å². The number of para-hydroxylation sites is 1. The van der Waals surface area contributed by atoms with Crippen LogP contribution in [0.1, 0.15) is 5.56 Å². The molecule has 0 heterocycles. The SMILES string of the molecule is N#C/C(=C\c1c(F)cccc1F)C(=O)Nc1c(Cl)cccc1Cl. The summed E-state index contributed by atoms with van der Waals surface area (Å²) in [7, 11) is 0. The highest BCUT2D eigenvalue weighted by Gasteiger charge is 2.16. The van der Waals surface area contributed by atoms with E-state index >= 15 is 0 Å². The van der Waals surface area contributed by atoms with Crippen LogP contribution in [-0.2, 0) is 4.79 Å². The Morgan fingerprint density at radius 2 is 1.61 bits per heavy atom. The first kappa shape index (κ1) is 16.9. The van der Waals surface area contributed by atoms with Gasteiger partial charge in [-0.3, -0.25) is 4.79 Å². The summed E-state index contributed by atoms with van der Waals surface area (Å²) in [6, 6.07) is 9.38. The third-order valence-corrected chi connectivity index (χ3v) is 3.48. The van der Waals surface area contributed by atoms with Crippen molar-refractivity contribution < 1.29 is 13.6 Å². The number of carbonyl (C=O) groups excluding carboxylic acids is 1. The Hall–Kier alpha value is -2.42. The Morgan fingerprint density at radius 1 is 1.09 bits per heavy atom. The summed E-state index contributed by atoms with van der Waals surface area (Å²) in [5.41, 5.74) is -0.870. The molecule has 1 N–H and O–H groups in total. The van der Waals surface area contributed by atoms with E-state index in [1.54, 1.807) is 12.1 Å². The van der Waals surface area contributed by atoms with E-state index in [9.17, 15) is 13.6 Å². The number of amides is 1. The van der Waals surface area contributed by atoms with Crippen molar-refractivity contribution in [3.05, 3.63) is 69.2 Å². The fourth-order valence-corrected chi connectivity index (χ4v) is 2.23. The molecule has 0 saturated heterocycles. The second kappa shape index (κ2) is 7.23. The largest absolute Gasteiger partial charge is 0.319 e. The van der Waals surface area contributed by atoms with Crippen LogP contribution in [0.2, 0.25) is 10.0 Å². The number of carbonyl (C=O) groups is 1. The zero-order valence-electron chi connectivity index (χ0n) is 11.4. The van der Waals surface area contributed by atoms with E-state index < -0.39 is 28.7 Å². The van der Waals surface area contributed by atoms with Gasteiger partial charge in [-0.15, -0.1) is 0 Å². The molecule has 0 radical (unpaired) electrons. The number of nitrogens with one attached hydrogen (secondary N) is 1. The van der Waals surface area contributed by atoms with Gasteiger partial charge in [0, 0.05) is 5.56 Å². The fourth-order valence-electron chi connectivity index (χ4n) is 1.74. The van der Waals surface area contributed by atoms with Crippen molar-refractivity contribution in [3.63, 3.8) is 0 Å². The average molecular weight is 353 g/mol. The van der Waals surface area contributed by atoms with Gasteiger partial charge < -0.3 is 5.32 Å². The smallest absolute Gasteiger partial charge is 0.266 e. The lowest BCUT2D eigenvalue weighted by molar-refractivity contribution is -0.112. The van der Waals surface area contributed by atoms with Crippen molar-refractivity contribution in [2.24, 2.45) is 0 Å². The third-order valence-electron chi connectivity index (χ3n) is 2.85. The van der Waals surface area contributed by atoms with E-state index in [-0.39, 0.29) is 15.7 Å². The second-order valence-electron chi connectivity index (χ2n) is 4.36. The van der Waals surface area contributed by atoms with Crippen LogP contribution in [0.3, 0.4) is 0 Å². The van der Waals surface area contributed by atoms with Crippen LogP contribution in [0.25, 0.3) is 6.08 Å². The molecule has 2 aromatic carbocycles. The first-order valence-corrected chi connectivity index (χ1v) is 7.00. The molecule has 0 unspecified atom stereocenters. The zero-order valence-corrected chi connectivity index (χ0v) is 12.9. The van der Waals surface area contributed by atoms with Crippen molar-refractivity contribution >= 4 is 40.9 Å². The third kappa shape index (κ3) is 3.86. The van der Waals surface area contributed by atoms with Gasteiger partial charge in [0.15, 0.2) is 0 Å². The Balaban J connectivity index is 2.37.